The number of hydrogen-bond acceptors (Lipinski definition) is 6. The van der Waals surface area contributed by atoms with Crippen LogP contribution in [-0.4, -0.2) is 71.4 Å². The number of morpholine rings is 1. The molecular formula is C22H24N4O3. The number of aromatic carboxylic acids is 1. The molecule has 0 atom stereocenters. The van der Waals surface area contributed by atoms with Crippen LogP contribution in [0.15, 0.2) is 36.7 Å². The molecule has 1 aromatic carbocycles. The number of fused-ring (bicyclic) bond motifs is 3. The fourth-order valence-electron chi connectivity index (χ4n) is 4.59. The number of rotatable bonds is 3. The van der Waals surface area contributed by atoms with Gasteiger partial charge in [0.25, 0.3) is 0 Å². The quantitative estimate of drug-likeness (QED) is 0.687. The Bertz CT molecular complexity index is 1060. The van der Waals surface area contributed by atoms with Crippen LogP contribution in [0.1, 0.15) is 23.2 Å². The lowest BCUT2D eigenvalue weighted by Crippen LogP contribution is -2.49. The van der Waals surface area contributed by atoms with E-state index < -0.39 is 5.97 Å². The normalized spacial score (nSPS) is 19.1. The molecule has 0 unspecified atom stereocenters. The molecule has 0 saturated carbocycles. The van der Waals surface area contributed by atoms with Gasteiger partial charge in [0.2, 0.25) is 0 Å². The summed E-state index contributed by atoms with van der Waals surface area (Å²) < 4.78 is 5.49. The minimum atomic E-state index is -0.937. The molecule has 7 nitrogen and oxygen atoms in total. The van der Waals surface area contributed by atoms with Crippen LogP contribution >= 0.6 is 0 Å². The smallest absolute Gasteiger partial charge is 0.335 e. The zero-order valence-corrected chi connectivity index (χ0v) is 16.3. The van der Waals surface area contributed by atoms with Gasteiger partial charge in [-0.3, -0.25) is 9.88 Å². The molecule has 3 aromatic rings. The van der Waals surface area contributed by atoms with E-state index in [0.29, 0.717) is 11.6 Å². The number of piperidine rings is 1. The first kappa shape index (κ1) is 18.3. The van der Waals surface area contributed by atoms with E-state index >= 15 is 0 Å². The first-order valence-corrected chi connectivity index (χ1v) is 10.2. The first-order valence-electron chi connectivity index (χ1n) is 10.2. The Hall–Kier alpha value is -2.77. The van der Waals surface area contributed by atoms with Crippen LogP contribution in [0.5, 0.6) is 0 Å². The number of hydrogen-bond donors (Lipinski definition) is 1. The van der Waals surface area contributed by atoms with Crippen LogP contribution in [0.2, 0.25) is 0 Å². The van der Waals surface area contributed by atoms with Crippen molar-refractivity contribution in [3.63, 3.8) is 0 Å². The van der Waals surface area contributed by atoms with Gasteiger partial charge in [-0.15, -0.1) is 0 Å². The highest BCUT2D eigenvalue weighted by molar-refractivity contribution is 6.11. The van der Waals surface area contributed by atoms with Crippen molar-refractivity contribution < 1.29 is 14.6 Å². The largest absolute Gasteiger partial charge is 0.478 e. The second-order valence-corrected chi connectivity index (χ2v) is 7.76. The zero-order valence-electron chi connectivity index (χ0n) is 16.3. The Labute approximate surface area is 168 Å². The van der Waals surface area contributed by atoms with Crippen LogP contribution in [0, 0.1) is 0 Å². The Morgan fingerprint density at radius 2 is 1.83 bits per heavy atom. The van der Waals surface area contributed by atoms with E-state index in [-0.39, 0.29) is 5.56 Å². The first-order chi connectivity index (χ1) is 14.2. The lowest BCUT2D eigenvalue weighted by Gasteiger charge is -2.40. The van der Waals surface area contributed by atoms with Gasteiger partial charge >= 0.3 is 5.97 Å². The van der Waals surface area contributed by atoms with Gasteiger partial charge in [-0.25, -0.2) is 9.78 Å². The van der Waals surface area contributed by atoms with Gasteiger partial charge in [0.15, 0.2) is 0 Å². The van der Waals surface area contributed by atoms with Crippen LogP contribution in [0.4, 0.5) is 5.82 Å². The number of carboxylic acid groups (broad SMARTS) is 1. The second-order valence-electron chi connectivity index (χ2n) is 7.76. The van der Waals surface area contributed by atoms with Crippen LogP contribution in [-0.2, 0) is 4.74 Å². The number of pyridine rings is 2. The average Bonchev–Trinajstić information content (AvgIpc) is 2.79. The molecule has 0 aliphatic carbocycles. The van der Waals surface area contributed by atoms with Crippen LogP contribution in [0.3, 0.4) is 0 Å². The molecule has 4 heterocycles. The van der Waals surface area contributed by atoms with E-state index in [0.717, 1.165) is 74.2 Å². The van der Waals surface area contributed by atoms with E-state index in [1.165, 1.54) is 0 Å². The predicted molar refractivity (Wildman–Crippen MR) is 112 cm³/mol. The van der Waals surface area contributed by atoms with Crippen molar-refractivity contribution in [2.24, 2.45) is 0 Å². The van der Waals surface area contributed by atoms with Gasteiger partial charge in [-0.2, -0.15) is 0 Å². The Kier molecular flexibility index (Phi) is 4.77. The molecule has 0 spiro atoms. The lowest BCUT2D eigenvalue weighted by atomic mass is 10.0. The molecule has 2 aromatic heterocycles. The van der Waals surface area contributed by atoms with Gasteiger partial charge in [0, 0.05) is 60.8 Å². The molecular weight excluding hydrogens is 368 g/mol. The summed E-state index contributed by atoms with van der Waals surface area (Å²) >= 11 is 0. The van der Waals surface area contributed by atoms with Crippen molar-refractivity contribution in [1.29, 1.82) is 0 Å². The summed E-state index contributed by atoms with van der Waals surface area (Å²) in [5, 5.41) is 12.4. The van der Waals surface area contributed by atoms with E-state index in [1.54, 1.807) is 18.3 Å². The maximum Gasteiger partial charge on any atom is 0.335 e. The Balaban J connectivity index is 1.49. The van der Waals surface area contributed by atoms with Crippen molar-refractivity contribution >= 4 is 33.5 Å². The summed E-state index contributed by atoms with van der Waals surface area (Å²) in [5.41, 5.74) is 0.959. The summed E-state index contributed by atoms with van der Waals surface area (Å²) in [6.07, 6.45) is 5.85. The second kappa shape index (κ2) is 7.57. The van der Waals surface area contributed by atoms with Crippen molar-refractivity contribution in [3.05, 3.63) is 42.2 Å². The van der Waals surface area contributed by atoms with Gasteiger partial charge in [0.05, 0.1) is 24.3 Å². The minimum Gasteiger partial charge on any atom is -0.478 e. The number of benzene rings is 1. The third-order valence-corrected chi connectivity index (χ3v) is 6.15. The maximum absolute atomic E-state index is 11.4. The molecule has 0 bridgehead atoms. The molecule has 2 fully saturated rings. The standard InChI is InChI=1S/C22H24N4O3/c27-22(28)15-1-2-17-19-14-23-6-3-18(19)21(24-20(17)13-15)26-7-4-16(5-8-26)25-9-11-29-12-10-25/h1-3,6,13-14,16H,4-5,7-12H2,(H,27,28). The number of ether oxygens (including phenoxy) is 1. The summed E-state index contributed by atoms with van der Waals surface area (Å²) in [6, 6.07) is 7.74. The molecule has 5 rings (SSSR count). The number of carboxylic acids is 1. The molecule has 150 valence electrons. The monoisotopic (exact) mass is 392 g/mol. The summed E-state index contributed by atoms with van der Waals surface area (Å²) in [4.78, 5) is 25.5. The summed E-state index contributed by atoms with van der Waals surface area (Å²) in [6.45, 7) is 5.58. The molecule has 7 heteroatoms. The number of anilines is 1. The molecule has 29 heavy (non-hydrogen) atoms. The fraction of sp³-hybridized carbons (Fsp3) is 0.409. The highest BCUT2D eigenvalue weighted by atomic mass is 16.5. The highest BCUT2D eigenvalue weighted by Crippen LogP contribution is 2.33. The van der Waals surface area contributed by atoms with Gasteiger partial charge < -0.3 is 14.7 Å². The van der Waals surface area contributed by atoms with Gasteiger partial charge in [-0.05, 0) is 31.0 Å². The lowest BCUT2D eigenvalue weighted by molar-refractivity contribution is 0.0115. The fourth-order valence-corrected chi connectivity index (χ4v) is 4.59. The van der Waals surface area contributed by atoms with Crippen molar-refractivity contribution in [2.45, 2.75) is 18.9 Å². The van der Waals surface area contributed by atoms with E-state index in [1.807, 2.05) is 18.3 Å². The Morgan fingerprint density at radius 1 is 1.03 bits per heavy atom. The maximum atomic E-state index is 11.4. The summed E-state index contributed by atoms with van der Waals surface area (Å²) in [5.74, 6) is -0.00859. The average molecular weight is 392 g/mol. The predicted octanol–water partition coefficient (Wildman–Crippen LogP) is 2.78. The number of carbonyl (C=O) groups is 1. The number of aromatic nitrogens is 2. The van der Waals surface area contributed by atoms with Crippen molar-refractivity contribution in [3.8, 4) is 0 Å². The highest BCUT2D eigenvalue weighted by Gasteiger charge is 2.27. The summed E-state index contributed by atoms with van der Waals surface area (Å²) in [7, 11) is 0. The van der Waals surface area contributed by atoms with E-state index in [4.69, 9.17) is 9.72 Å². The molecule has 0 radical (unpaired) electrons. The van der Waals surface area contributed by atoms with Crippen molar-refractivity contribution in [2.75, 3.05) is 44.3 Å². The van der Waals surface area contributed by atoms with E-state index in [2.05, 4.69) is 14.8 Å². The molecule has 2 saturated heterocycles. The Morgan fingerprint density at radius 3 is 2.59 bits per heavy atom. The SMILES string of the molecule is O=C(O)c1ccc2c(c1)nc(N1CCC(N3CCOCC3)CC1)c1ccncc12. The van der Waals surface area contributed by atoms with Crippen LogP contribution < -0.4 is 4.90 Å². The van der Waals surface area contributed by atoms with Gasteiger partial charge in [-0.1, -0.05) is 6.07 Å². The zero-order chi connectivity index (χ0) is 19.8. The van der Waals surface area contributed by atoms with Gasteiger partial charge in [0.1, 0.15) is 5.82 Å². The molecule has 2 aliphatic rings. The molecule has 0 amide bonds. The van der Waals surface area contributed by atoms with Crippen LogP contribution in [0.25, 0.3) is 21.7 Å². The molecule has 1 N–H and O–H groups in total. The molecule has 2 aliphatic heterocycles. The minimum absolute atomic E-state index is 0.255. The van der Waals surface area contributed by atoms with E-state index in [9.17, 15) is 9.90 Å². The third kappa shape index (κ3) is 3.41. The topological polar surface area (TPSA) is 78.8 Å². The third-order valence-electron chi connectivity index (χ3n) is 6.15. The number of nitrogens with zero attached hydrogens (tertiary/aromatic N) is 4. The van der Waals surface area contributed by atoms with Crippen molar-refractivity contribution in [1.82, 2.24) is 14.9 Å².